The van der Waals surface area contributed by atoms with E-state index in [2.05, 4.69) is 0 Å². The normalized spacial score (nSPS) is 36.1. The number of carbonyl (C=O) groups excluding carboxylic acids is 1. The number of ketones is 1. The fourth-order valence-electron chi connectivity index (χ4n) is 8.58. The van der Waals surface area contributed by atoms with Gasteiger partial charge in [-0.25, -0.2) is 0 Å². The number of Topliss-reactive ketones (excluding diaryl/α,β-unsaturated/α-hetero) is 1. The minimum Gasteiger partial charge on any atom is -0.497 e. The summed E-state index contributed by atoms with van der Waals surface area (Å²) in [4.78, 5) is 15.1. The molecule has 0 unspecified atom stereocenters. The van der Waals surface area contributed by atoms with Gasteiger partial charge in [0.2, 0.25) is 0 Å². The molecule has 3 fully saturated rings. The van der Waals surface area contributed by atoms with Crippen LogP contribution < -0.4 is 4.74 Å². The van der Waals surface area contributed by atoms with Gasteiger partial charge < -0.3 is 48.8 Å². The molecule has 0 saturated heterocycles. The Morgan fingerprint density at radius 3 is 2.17 bits per heavy atom. The number of fused-ring (bicyclic) bond motifs is 3. The van der Waals surface area contributed by atoms with Crippen molar-refractivity contribution in [2.45, 2.75) is 95.3 Å². The van der Waals surface area contributed by atoms with Crippen LogP contribution in [0.3, 0.4) is 0 Å². The highest BCUT2D eigenvalue weighted by molar-refractivity contribution is 5.90. The molecule has 5 rings (SSSR count). The van der Waals surface area contributed by atoms with Gasteiger partial charge in [0.15, 0.2) is 5.78 Å². The van der Waals surface area contributed by atoms with Crippen LogP contribution in [-0.2, 0) is 41.7 Å². The first-order valence-corrected chi connectivity index (χ1v) is 16.7. The molecule has 0 radical (unpaired) electrons. The zero-order valence-corrected chi connectivity index (χ0v) is 28.7. The first-order valence-electron chi connectivity index (χ1n) is 16.7. The molecule has 3 aliphatic rings. The predicted molar refractivity (Wildman–Crippen MR) is 175 cm³/mol. The van der Waals surface area contributed by atoms with Gasteiger partial charge in [-0.1, -0.05) is 56.3 Å². The summed E-state index contributed by atoms with van der Waals surface area (Å²) in [5.74, 6) is -1.26. The molecule has 0 heterocycles. The Balaban J connectivity index is 1.54. The molecule has 3 saturated carbocycles. The van der Waals surface area contributed by atoms with E-state index in [1.807, 2.05) is 56.3 Å². The molecule has 3 aliphatic carbocycles. The molecule has 2 aromatic carbocycles. The second kappa shape index (κ2) is 14.8. The number of hydrogen-bond donors (Lipinski definition) is 4. The van der Waals surface area contributed by atoms with Gasteiger partial charge in [0.25, 0.3) is 0 Å². The Kier molecular flexibility index (Phi) is 11.4. The molecule has 0 spiro atoms. The lowest BCUT2D eigenvalue weighted by Crippen LogP contribution is -2.70. The Labute approximate surface area is 283 Å². The molecule has 4 N–H and O–H groups in total. The quantitative estimate of drug-likeness (QED) is 0.183. The van der Waals surface area contributed by atoms with Crippen LogP contribution in [0, 0.1) is 22.7 Å². The maximum absolute atomic E-state index is 15.1. The van der Waals surface area contributed by atoms with Crippen LogP contribution in [0.25, 0.3) is 0 Å². The first kappa shape index (κ1) is 36.8. The van der Waals surface area contributed by atoms with Gasteiger partial charge in [-0.3, -0.25) is 4.79 Å². The molecule has 11 heteroatoms. The van der Waals surface area contributed by atoms with Crippen LogP contribution in [0.2, 0.25) is 0 Å². The van der Waals surface area contributed by atoms with Gasteiger partial charge in [-0.15, -0.1) is 0 Å². The molecular formula is C37H52O11. The van der Waals surface area contributed by atoms with Crippen molar-refractivity contribution in [3.05, 3.63) is 65.7 Å². The molecule has 266 valence electrons. The molecule has 0 amide bonds. The van der Waals surface area contributed by atoms with Crippen LogP contribution in [0.4, 0.5) is 0 Å². The summed E-state index contributed by atoms with van der Waals surface area (Å²) in [6, 6.07) is 16.9. The van der Waals surface area contributed by atoms with Gasteiger partial charge in [-0.2, -0.15) is 0 Å². The van der Waals surface area contributed by atoms with Crippen LogP contribution in [-0.4, -0.2) is 96.2 Å². The maximum Gasteiger partial charge on any atom is 0.170 e. The Hall–Kier alpha value is -2.45. The fraction of sp³-hybridized carbons (Fsp3) is 0.649. The number of aliphatic hydroxyl groups is 4. The number of methoxy groups -OCH3 is 2. The smallest absolute Gasteiger partial charge is 0.170 e. The Bertz CT molecular complexity index is 1350. The van der Waals surface area contributed by atoms with E-state index in [1.165, 1.54) is 7.11 Å². The summed E-state index contributed by atoms with van der Waals surface area (Å²) in [5, 5.41) is 47.5. The number of ether oxygens (including phenoxy) is 6. The van der Waals surface area contributed by atoms with E-state index in [1.54, 1.807) is 26.2 Å². The lowest BCUT2D eigenvalue weighted by molar-refractivity contribution is -0.267. The summed E-state index contributed by atoms with van der Waals surface area (Å²) < 4.78 is 35.3. The largest absolute Gasteiger partial charge is 0.497 e. The zero-order chi connectivity index (χ0) is 34.7. The summed E-state index contributed by atoms with van der Waals surface area (Å²) in [6.07, 6.45) is -3.79. The highest BCUT2D eigenvalue weighted by Gasteiger charge is 2.70. The number of hydrogen-bond acceptors (Lipinski definition) is 11. The second-order valence-electron chi connectivity index (χ2n) is 14.4. The maximum atomic E-state index is 15.1. The third-order valence-electron chi connectivity index (χ3n) is 11.7. The molecule has 0 aliphatic heterocycles. The number of rotatable bonds is 13. The summed E-state index contributed by atoms with van der Waals surface area (Å²) in [6.45, 7) is 4.66. The van der Waals surface area contributed by atoms with Gasteiger partial charge in [-0.05, 0) is 49.4 Å². The number of aliphatic hydroxyl groups excluding tert-OH is 2. The van der Waals surface area contributed by atoms with Crippen LogP contribution in [0.5, 0.6) is 5.75 Å². The zero-order valence-electron chi connectivity index (χ0n) is 28.7. The van der Waals surface area contributed by atoms with Crippen molar-refractivity contribution in [2.24, 2.45) is 22.7 Å². The minimum absolute atomic E-state index is 0.0338. The van der Waals surface area contributed by atoms with E-state index in [0.717, 1.165) is 11.1 Å². The summed E-state index contributed by atoms with van der Waals surface area (Å²) in [5.41, 5.74) is -4.30. The lowest BCUT2D eigenvalue weighted by Gasteiger charge is -2.57. The SMILES string of the molecule is COCO[C@H]1C(=O)[C@]2(C)[C@@H](OCOCc3ccccc3)C[C@@H](OCc3ccc(OC)cc3)[C@@](O)(CO)[C@H]2C[C@H](O)[C@]2(O)CC[C@H]1C2(C)C. The van der Waals surface area contributed by atoms with Crippen molar-refractivity contribution in [3.63, 3.8) is 0 Å². The Morgan fingerprint density at radius 2 is 1.52 bits per heavy atom. The van der Waals surface area contributed by atoms with Crippen molar-refractivity contribution in [1.29, 1.82) is 0 Å². The van der Waals surface area contributed by atoms with Gasteiger partial charge >= 0.3 is 0 Å². The first-order chi connectivity index (χ1) is 22.9. The molecule has 2 aromatic rings. The number of benzene rings is 2. The molecule has 11 nitrogen and oxygen atoms in total. The highest BCUT2D eigenvalue weighted by Crippen LogP contribution is 2.60. The average Bonchev–Trinajstić information content (AvgIpc) is 3.34. The molecule has 0 aromatic heterocycles. The highest BCUT2D eigenvalue weighted by atomic mass is 16.7. The van der Waals surface area contributed by atoms with E-state index < -0.39 is 64.9 Å². The average molecular weight is 673 g/mol. The van der Waals surface area contributed by atoms with Crippen LogP contribution in [0.15, 0.2) is 54.6 Å². The number of carbonyl (C=O) groups is 1. The monoisotopic (exact) mass is 672 g/mol. The van der Waals surface area contributed by atoms with E-state index in [-0.39, 0.29) is 51.8 Å². The van der Waals surface area contributed by atoms with Crippen molar-refractivity contribution >= 4 is 5.78 Å². The van der Waals surface area contributed by atoms with Crippen molar-refractivity contribution in [1.82, 2.24) is 0 Å². The van der Waals surface area contributed by atoms with E-state index in [9.17, 15) is 20.4 Å². The van der Waals surface area contributed by atoms with Crippen molar-refractivity contribution in [3.8, 4) is 5.75 Å². The van der Waals surface area contributed by atoms with Crippen molar-refractivity contribution in [2.75, 3.05) is 34.4 Å². The predicted octanol–water partition coefficient (Wildman–Crippen LogP) is 3.38. The standard InChI is InChI=1S/C37H52O11/c1-34(2)27-15-16-37(34,42)29(39)17-28-35(3,33(40)32(27)48-22-43-4)30(47-23-45-19-24-9-7-6-8-10-24)18-31(36(28,41)21-38)46-20-25-11-13-26(44-5)14-12-25/h6-14,27-32,38-39,41-42H,15-23H2,1-5H3/t27-,28+,29+,30+,31-,32-,35+,36-,37-/m1/s1. The van der Waals surface area contributed by atoms with E-state index >= 15 is 4.79 Å². The van der Waals surface area contributed by atoms with Gasteiger partial charge in [0.1, 0.15) is 31.0 Å². The van der Waals surface area contributed by atoms with E-state index in [4.69, 9.17) is 28.4 Å². The minimum atomic E-state index is -2.00. The molecule has 9 atom stereocenters. The molecule has 48 heavy (non-hydrogen) atoms. The summed E-state index contributed by atoms with van der Waals surface area (Å²) in [7, 11) is 3.05. The van der Waals surface area contributed by atoms with E-state index in [0.29, 0.717) is 12.2 Å². The van der Waals surface area contributed by atoms with Gasteiger partial charge in [0, 0.05) is 30.8 Å². The van der Waals surface area contributed by atoms with Crippen molar-refractivity contribution < 1.29 is 53.6 Å². The summed E-state index contributed by atoms with van der Waals surface area (Å²) >= 11 is 0. The fourth-order valence-corrected chi connectivity index (χ4v) is 8.58. The molecular weight excluding hydrogens is 620 g/mol. The third-order valence-corrected chi connectivity index (χ3v) is 11.7. The topological polar surface area (TPSA) is 153 Å². The second-order valence-corrected chi connectivity index (χ2v) is 14.4. The van der Waals surface area contributed by atoms with Crippen LogP contribution >= 0.6 is 0 Å². The molecule has 2 bridgehead atoms. The van der Waals surface area contributed by atoms with Gasteiger partial charge in [0.05, 0.1) is 56.3 Å². The van der Waals surface area contributed by atoms with Crippen LogP contribution in [0.1, 0.15) is 57.6 Å². The third kappa shape index (κ3) is 6.57. The Morgan fingerprint density at radius 1 is 0.833 bits per heavy atom. The lowest BCUT2D eigenvalue weighted by atomic mass is 9.53.